The number of aromatic nitrogens is 1. The van der Waals surface area contributed by atoms with Gasteiger partial charge in [0.25, 0.3) is 0 Å². The number of rotatable bonds is 4. The maximum absolute atomic E-state index is 12.7. The van der Waals surface area contributed by atoms with E-state index in [1.54, 1.807) is 19.2 Å². The Morgan fingerprint density at radius 3 is 2.43 bits per heavy atom. The third kappa shape index (κ3) is 3.97. The summed E-state index contributed by atoms with van der Waals surface area (Å²) in [5.41, 5.74) is 1.16. The summed E-state index contributed by atoms with van der Waals surface area (Å²) in [6.45, 7) is 0. The number of alkyl halides is 3. The fourth-order valence-electron chi connectivity index (χ4n) is 2.78. The standard InChI is InChI=1S/C21H14F3N3O2S/c1-29-17-3-2-4-18-19(17)25-20(30-18)12-5-8-14(9-6-12)26-27-15-10-7-13(11-16(15)28)21(22,23)24/h2-11,28H,1H3/b27-26+. The van der Waals surface area contributed by atoms with E-state index < -0.39 is 17.5 Å². The van der Waals surface area contributed by atoms with Crippen molar-refractivity contribution in [3.8, 4) is 22.1 Å². The smallest absolute Gasteiger partial charge is 0.416 e. The van der Waals surface area contributed by atoms with Gasteiger partial charge in [0.05, 0.1) is 23.1 Å². The van der Waals surface area contributed by atoms with E-state index in [-0.39, 0.29) is 5.69 Å². The molecule has 0 radical (unpaired) electrons. The highest BCUT2D eigenvalue weighted by Gasteiger charge is 2.31. The van der Waals surface area contributed by atoms with Gasteiger partial charge in [-0.3, -0.25) is 0 Å². The Kier molecular flexibility index (Phi) is 5.13. The van der Waals surface area contributed by atoms with Crippen molar-refractivity contribution in [1.82, 2.24) is 4.98 Å². The second kappa shape index (κ2) is 7.75. The van der Waals surface area contributed by atoms with Gasteiger partial charge in [-0.15, -0.1) is 16.5 Å². The van der Waals surface area contributed by atoms with Crippen molar-refractivity contribution in [1.29, 1.82) is 0 Å². The van der Waals surface area contributed by atoms with Crippen molar-refractivity contribution >= 4 is 32.9 Å². The van der Waals surface area contributed by atoms with E-state index in [1.165, 1.54) is 11.3 Å². The fraction of sp³-hybridized carbons (Fsp3) is 0.0952. The summed E-state index contributed by atoms with van der Waals surface area (Å²) in [5, 5.41) is 18.4. The zero-order valence-electron chi connectivity index (χ0n) is 15.5. The Bertz CT molecular complexity index is 1230. The summed E-state index contributed by atoms with van der Waals surface area (Å²) in [6.07, 6.45) is -4.53. The first-order chi connectivity index (χ1) is 14.3. The Balaban J connectivity index is 1.56. The number of aromatic hydroxyl groups is 1. The summed E-state index contributed by atoms with van der Waals surface area (Å²) in [5.74, 6) is 0.116. The molecule has 1 aromatic heterocycles. The number of thiazole rings is 1. The topological polar surface area (TPSA) is 67.1 Å². The molecule has 30 heavy (non-hydrogen) atoms. The van der Waals surface area contributed by atoms with Gasteiger partial charge in [-0.05, 0) is 54.6 Å². The summed E-state index contributed by atoms with van der Waals surface area (Å²) in [4.78, 5) is 4.63. The zero-order valence-corrected chi connectivity index (χ0v) is 16.3. The molecule has 0 bridgehead atoms. The van der Waals surface area contributed by atoms with E-state index in [0.29, 0.717) is 17.5 Å². The van der Waals surface area contributed by atoms with Crippen LogP contribution in [0.2, 0.25) is 0 Å². The number of benzene rings is 3. The number of fused-ring (bicyclic) bond motifs is 1. The molecule has 5 nitrogen and oxygen atoms in total. The summed E-state index contributed by atoms with van der Waals surface area (Å²) < 4.78 is 44.3. The van der Waals surface area contributed by atoms with Crippen molar-refractivity contribution in [2.45, 2.75) is 6.18 Å². The molecule has 0 aliphatic heterocycles. The zero-order chi connectivity index (χ0) is 21.3. The van der Waals surface area contributed by atoms with Crippen LogP contribution in [0.1, 0.15) is 5.56 Å². The van der Waals surface area contributed by atoms with Crippen LogP contribution in [-0.2, 0) is 6.18 Å². The molecule has 1 heterocycles. The van der Waals surface area contributed by atoms with E-state index >= 15 is 0 Å². The second-order valence-corrected chi connectivity index (χ2v) is 7.30. The molecule has 0 atom stereocenters. The van der Waals surface area contributed by atoms with E-state index in [4.69, 9.17) is 4.74 Å². The minimum Gasteiger partial charge on any atom is -0.506 e. The predicted octanol–water partition coefficient (Wildman–Crippen LogP) is 7.11. The number of halogens is 3. The average molecular weight is 429 g/mol. The molecule has 0 spiro atoms. The highest BCUT2D eigenvalue weighted by molar-refractivity contribution is 7.21. The largest absolute Gasteiger partial charge is 0.506 e. The molecule has 1 N–H and O–H groups in total. The lowest BCUT2D eigenvalue weighted by atomic mass is 10.2. The Morgan fingerprint density at radius 2 is 1.77 bits per heavy atom. The second-order valence-electron chi connectivity index (χ2n) is 6.27. The predicted molar refractivity (Wildman–Crippen MR) is 109 cm³/mol. The third-order valence-corrected chi connectivity index (χ3v) is 5.36. The number of phenolic OH excluding ortho intramolecular Hbond substituents is 1. The van der Waals surface area contributed by atoms with Crippen LogP contribution >= 0.6 is 11.3 Å². The van der Waals surface area contributed by atoms with Gasteiger partial charge in [-0.2, -0.15) is 18.3 Å². The molecule has 0 aliphatic carbocycles. The van der Waals surface area contributed by atoms with Crippen LogP contribution in [0.15, 0.2) is 70.9 Å². The van der Waals surface area contributed by atoms with E-state index in [1.807, 2.05) is 30.3 Å². The van der Waals surface area contributed by atoms with Gasteiger partial charge in [0, 0.05) is 5.56 Å². The summed E-state index contributed by atoms with van der Waals surface area (Å²) in [7, 11) is 1.60. The van der Waals surface area contributed by atoms with Crippen LogP contribution in [0.3, 0.4) is 0 Å². The average Bonchev–Trinajstić information content (AvgIpc) is 3.17. The number of hydrogen-bond donors (Lipinski definition) is 1. The third-order valence-electron chi connectivity index (χ3n) is 4.29. The molecule has 9 heteroatoms. The molecule has 3 aromatic carbocycles. The first-order valence-corrected chi connectivity index (χ1v) is 9.53. The van der Waals surface area contributed by atoms with Crippen molar-refractivity contribution in [2.75, 3.05) is 7.11 Å². The maximum Gasteiger partial charge on any atom is 0.416 e. The van der Waals surface area contributed by atoms with E-state index in [9.17, 15) is 18.3 Å². The summed E-state index contributed by atoms with van der Waals surface area (Å²) >= 11 is 1.53. The molecule has 0 fully saturated rings. The fourth-order valence-corrected chi connectivity index (χ4v) is 3.77. The van der Waals surface area contributed by atoms with Crippen molar-refractivity contribution in [3.05, 3.63) is 66.2 Å². The van der Waals surface area contributed by atoms with E-state index in [0.717, 1.165) is 32.9 Å². The van der Waals surface area contributed by atoms with Crippen LogP contribution in [0.5, 0.6) is 11.5 Å². The van der Waals surface area contributed by atoms with Crippen molar-refractivity contribution in [2.24, 2.45) is 10.2 Å². The van der Waals surface area contributed by atoms with Crippen LogP contribution in [0.25, 0.3) is 20.8 Å². The quantitative estimate of drug-likeness (QED) is 0.352. The van der Waals surface area contributed by atoms with Gasteiger partial charge >= 0.3 is 6.18 Å². The summed E-state index contributed by atoms with van der Waals surface area (Å²) in [6, 6.07) is 15.3. The highest BCUT2D eigenvalue weighted by Crippen LogP contribution is 2.37. The first-order valence-electron chi connectivity index (χ1n) is 8.71. The molecule has 0 aliphatic rings. The van der Waals surface area contributed by atoms with Gasteiger partial charge in [0.2, 0.25) is 0 Å². The number of hydrogen-bond acceptors (Lipinski definition) is 6. The molecule has 0 amide bonds. The Morgan fingerprint density at radius 1 is 1.00 bits per heavy atom. The SMILES string of the molecule is COc1cccc2sc(-c3ccc(/N=N/c4ccc(C(F)(F)F)cc4O)cc3)nc12. The van der Waals surface area contributed by atoms with E-state index in [2.05, 4.69) is 15.2 Å². The van der Waals surface area contributed by atoms with Crippen molar-refractivity contribution < 1.29 is 23.0 Å². The molecule has 4 aromatic rings. The Hall–Kier alpha value is -3.46. The molecule has 0 saturated carbocycles. The lowest BCUT2D eigenvalue weighted by molar-refractivity contribution is -0.137. The first kappa shape index (κ1) is 19.8. The van der Waals surface area contributed by atoms with Crippen LogP contribution in [0.4, 0.5) is 24.5 Å². The van der Waals surface area contributed by atoms with Gasteiger partial charge in [-0.1, -0.05) is 6.07 Å². The number of nitrogens with zero attached hydrogens (tertiary/aromatic N) is 3. The van der Waals surface area contributed by atoms with Crippen LogP contribution < -0.4 is 4.74 Å². The maximum atomic E-state index is 12.7. The molecule has 0 saturated heterocycles. The van der Waals surface area contributed by atoms with Crippen LogP contribution in [-0.4, -0.2) is 17.2 Å². The Labute approximate surface area is 173 Å². The lowest BCUT2D eigenvalue weighted by Gasteiger charge is -2.07. The molecule has 0 unspecified atom stereocenters. The highest BCUT2D eigenvalue weighted by atomic mass is 32.1. The minimum atomic E-state index is -4.53. The molecule has 152 valence electrons. The molecular formula is C21H14F3N3O2S. The number of ether oxygens (including phenoxy) is 1. The monoisotopic (exact) mass is 429 g/mol. The molecule has 4 rings (SSSR count). The molecular weight excluding hydrogens is 415 g/mol. The van der Waals surface area contributed by atoms with Gasteiger partial charge in [0.15, 0.2) is 0 Å². The minimum absolute atomic E-state index is 0.0506. The normalized spacial score (nSPS) is 12.0. The van der Waals surface area contributed by atoms with Gasteiger partial charge in [0.1, 0.15) is 27.7 Å². The van der Waals surface area contributed by atoms with Crippen molar-refractivity contribution in [3.63, 3.8) is 0 Å². The lowest BCUT2D eigenvalue weighted by Crippen LogP contribution is -2.03. The van der Waals surface area contributed by atoms with Gasteiger partial charge in [-0.25, -0.2) is 4.98 Å². The van der Waals surface area contributed by atoms with Gasteiger partial charge < -0.3 is 9.84 Å². The number of phenols is 1. The number of methoxy groups -OCH3 is 1. The number of azo groups is 1. The van der Waals surface area contributed by atoms with Crippen LogP contribution in [0, 0.1) is 0 Å². The number of para-hydroxylation sites is 1.